The number of aromatic carboxylic acids is 1. The number of unbranched alkanes of at least 4 members (excludes halogenated alkanes) is 1. The molecule has 128 valence electrons. The van der Waals surface area contributed by atoms with E-state index in [1.54, 1.807) is 20.8 Å². The third-order valence-corrected chi connectivity index (χ3v) is 2.67. The number of amides is 1. The lowest BCUT2D eigenvalue weighted by molar-refractivity contribution is 0.0525. The maximum absolute atomic E-state index is 13.0. The summed E-state index contributed by atoms with van der Waals surface area (Å²) in [5.74, 6) is -1.75. The minimum atomic E-state index is -1.24. The number of alkyl carbamates (subject to hydrolysis) is 1. The van der Waals surface area contributed by atoms with Crippen molar-refractivity contribution in [2.24, 2.45) is 0 Å². The Kier molecular flexibility index (Phi) is 6.81. The van der Waals surface area contributed by atoms with E-state index in [1.165, 1.54) is 6.07 Å². The van der Waals surface area contributed by atoms with Gasteiger partial charge in [0.05, 0.1) is 6.61 Å². The Bertz CT molecular complexity index is 554. The molecule has 0 atom stereocenters. The van der Waals surface area contributed by atoms with Gasteiger partial charge in [-0.2, -0.15) is 0 Å². The number of ether oxygens (including phenoxy) is 2. The Morgan fingerprint density at radius 3 is 2.57 bits per heavy atom. The minimum Gasteiger partial charge on any atom is -0.493 e. The van der Waals surface area contributed by atoms with Crippen molar-refractivity contribution in [1.82, 2.24) is 5.32 Å². The molecule has 0 saturated carbocycles. The maximum Gasteiger partial charge on any atom is 0.407 e. The molecule has 1 amide bonds. The smallest absolute Gasteiger partial charge is 0.407 e. The molecule has 0 aliphatic rings. The highest BCUT2D eigenvalue weighted by Crippen LogP contribution is 2.20. The maximum atomic E-state index is 13.0. The second-order valence-corrected chi connectivity index (χ2v) is 5.93. The number of rotatable bonds is 7. The van der Waals surface area contributed by atoms with Crippen molar-refractivity contribution >= 4 is 12.1 Å². The van der Waals surface area contributed by atoms with Gasteiger partial charge in [-0.3, -0.25) is 0 Å². The molecule has 1 rings (SSSR count). The fourth-order valence-electron chi connectivity index (χ4n) is 1.71. The topological polar surface area (TPSA) is 84.9 Å². The van der Waals surface area contributed by atoms with Gasteiger partial charge in [-0.05, 0) is 51.8 Å². The molecule has 0 aliphatic heterocycles. The van der Waals surface area contributed by atoms with Crippen LogP contribution in [0.15, 0.2) is 18.2 Å². The Morgan fingerprint density at radius 1 is 1.26 bits per heavy atom. The van der Waals surface area contributed by atoms with Gasteiger partial charge in [0.2, 0.25) is 0 Å². The zero-order valence-electron chi connectivity index (χ0n) is 13.5. The summed E-state index contributed by atoms with van der Waals surface area (Å²) in [5.41, 5.74) is -0.750. The van der Waals surface area contributed by atoms with Crippen LogP contribution in [0.3, 0.4) is 0 Å². The van der Waals surface area contributed by atoms with Crippen LogP contribution in [-0.4, -0.2) is 35.9 Å². The number of carboxylic acid groups (broad SMARTS) is 1. The molecule has 0 saturated heterocycles. The SMILES string of the molecule is CC(C)(C)OC(=O)NCCCCOc1ccc(F)cc1C(=O)O. The highest BCUT2D eigenvalue weighted by atomic mass is 19.1. The van der Waals surface area contributed by atoms with Gasteiger partial charge in [0.25, 0.3) is 0 Å². The van der Waals surface area contributed by atoms with E-state index in [9.17, 15) is 14.0 Å². The predicted molar refractivity (Wildman–Crippen MR) is 82.3 cm³/mol. The molecule has 0 aromatic heterocycles. The highest BCUT2D eigenvalue weighted by molar-refractivity contribution is 5.90. The molecule has 7 heteroatoms. The van der Waals surface area contributed by atoms with Crippen LogP contribution >= 0.6 is 0 Å². The average molecular weight is 327 g/mol. The molecule has 0 heterocycles. The lowest BCUT2D eigenvalue weighted by Crippen LogP contribution is -2.33. The van der Waals surface area contributed by atoms with Crippen LogP contribution in [0.1, 0.15) is 44.0 Å². The Balaban J connectivity index is 2.28. The van der Waals surface area contributed by atoms with Gasteiger partial charge in [-0.15, -0.1) is 0 Å². The molecule has 0 aliphatic carbocycles. The van der Waals surface area contributed by atoms with Crippen molar-refractivity contribution in [1.29, 1.82) is 0 Å². The van der Waals surface area contributed by atoms with E-state index < -0.39 is 23.5 Å². The third-order valence-electron chi connectivity index (χ3n) is 2.67. The van der Waals surface area contributed by atoms with Crippen LogP contribution in [0.2, 0.25) is 0 Å². The Labute approximate surface area is 134 Å². The van der Waals surface area contributed by atoms with Crippen molar-refractivity contribution < 1.29 is 28.6 Å². The molecule has 0 fully saturated rings. The van der Waals surface area contributed by atoms with E-state index in [0.29, 0.717) is 19.4 Å². The number of benzene rings is 1. The first-order valence-electron chi connectivity index (χ1n) is 7.31. The molecule has 0 spiro atoms. The molecular formula is C16H22FNO5. The fourth-order valence-corrected chi connectivity index (χ4v) is 1.71. The van der Waals surface area contributed by atoms with Crippen LogP contribution in [0.4, 0.5) is 9.18 Å². The van der Waals surface area contributed by atoms with E-state index in [1.807, 2.05) is 0 Å². The summed E-state index contributed by atoms with van der Waals surface area (Å²) in [6.07, 6.45) is 0.764. The monoisotopic (exact) mass is 327 g/mol. The number of carbonyl (C=O) groups excluding carboxylic acids is 1. The number of halogens is 1. The van der Waals surface area contributed by atoms with E-state index in [-0.39, 0.29) is 17.9 Å². The molecule has 0 bridgehead atoms. The number of carboxylic acids is 1. The van der Waals surface area contributed by atoms with Gasteiger partial charge >= 0.3 is 12.1 Å². The van der Waals surface area contributed by atoms with Crippen molar-refractivity contribution in [2.45, 2.75) is 39.2 Å². The molecule has 0 unspecified atom stereocenters. The van der Waals surface area contributed by atoms with Crippen LogP contribution in [0, 0.1) is 5.82 Å². The normalized spacial score (nSPS) is 11.0. The van der Waals surface area contributed by atoms with Crippen LogP contribution in [-0.2, 0) is 4.74 Å². The summed E-state index contributed by atoms with van der Waals surface area (Å²) < 4.78 is 23.5. The Morgan fingerprint density at radius 2 is 1.96 bits per heavy atom. The van der Waals surface area contributed by atoms with Gasteiger partial charge in [0, 0.05) is 6.54 Å². The van der Waals surface area contributed by atoms with Gasteiger partial charge < -0.3 is 19.9 Å². The number of hydrogen-bond donors (Lipinski definition) is 2. The first kappa shape index (κ1) is 18.7. The quantitative estimate of drug-likeness (QED) is 0.751. The summed E-state index contributed by atoms with van der Waals surface area (Å²) in [6.45, 7) is 6.03. The molecule has 0 radical (unpaired) electrons. The Hall–Kier alpha value is -2.31. The van der Waals surface area contributed by atoms with Crippen molar-refractivity contribution in [3.05, 3.63) is 29.6 Å². The first-order chi connectivity index (χ1) is 10.7. The molecular weight excluding hydrogens is 305 g/mol. The summed E-state index contributed by atoms with van der Waals surface area (Å²) in [4.78, 5) is 22.4. The zero-order chi connectivity index (χ0) is 17.5. The first-order valence-corrected chi connectivity index (χ1v) is 7.31. The second-order valence-electron chi connectivity index (χ2n) is 5.93. The van der Waals surface area contributed by atoms with Crippen LogP contribution in [0.5, 0.6) is 5.75 Å². The number of hydrogen-bond acceptors (Lipinski definition) is 4. The highest BCUT2D eigenvalue weighted by Gasteiger charge is 2.15. The lowest BCUT2D eigenvalue weighted by Gasteiger charge is -2.19. The zero-order valence-corrected chi connectivity index (χ0v) is 13.5. The fraction of sp³-hybridized carbons (Fsp3) is 0.500. The summed E-state index contributed by atoms with van der Waals surface area (Å²) in [7, 11) is 0. The van der Waals surface area contributed by atoms with Crippen LogP contribution in [0.25, 0.3) is 0 Å². The standard InChI is InChI=1S/C16H22FNO5/c1-16(2,3)23-15(21)18-8-4-5-9-22-13-7-6-11(17)10-12(13)14(19)20/h6-7,10H,4-5,8-9H2,1-3H3,(H,18,21)(H,19,20). The van der Waals surface area contributed by atoms with Gasteiger partial charge in [-0.25, -0.2) is 14.0 Å². The number of carbonyl (C=O) groups is 2. The molecule has 23 heavy (non-hydrogen) atoms. The van der Waals surface area contributed by atoms with Crippen molar-refractivity contribution in [3.8, 4) is 5.75 Å². The summed E-state index contributed by atoms with van der Waals surface area (Å²) in [5, 5.41) is 11.6. The number of nitrogens with one attached hydrogen (secondary N) is 1. The van der Waals surface area contributed by atoms with E-state index in [4.69, 9.17) is 14.6 Å². The minimum absolute atomic E-state index is 0.124. The van der Waals surface area contributed by atoms with Gasteiger partial charge in [0.15, 0.2) is 0 Å². The van der Waals surface area contributed by atoms with E-state index >= 15 is 0 Å². The van der Waals surface area contributed by atoms with Gasteiger partial charge in [-0.1, -0.05) is 0 Å². The largest absolute Gasteiger partial charge is 0.493 e. The summed E-state index contributed by atoms with van der Waals surface area (Å²) >= 11 is 0. The molecule has 1 aromatic carbocycles. The second kappa shape index (κ2) is 8.36. The molecule has 1 aromatic rings. The predicted octanol–water partition coefficient (Wildman–Crippen LogP) is 3.21. The third kappa shape index (κ3) is 7.49. The summed E-state index contributed by atoms with van der Waals surface area (Å²) in [6, 6.07) is 3.35. The molecule has 2 N–H and O–H groups in total. The molecule has 6 nitrogen and oxygen atoms in total. The average Bonchev–Trinajstić information content (AvgIpc) is 2.41. The van der Waals surface area contributed by atoms with Crippen molar-refractivity contribution in [2.75, 3.05) is 13.2 Å². The lowest BCUT2D eigenvalue weighted by atomic mass is 10.2. The van der Waals surface area contributed by atoms with E-state index in [2.05, 4.69) is 5.32 Å². The van der Waals surface area contributed by atoms with Gasteiger partial charge in [0.1, 0.15) is 22.7 Å². The van der Waals surface area contributed by atoms with Crippen LogP contribution < -0.4 is 10.1 Å². The van der Waals surface area contributed by atoms with Crippen molar-refractivity contribution in [3.63, 3.8) is 0 Å². The van der Waals surface area contributed by atoms with E-state index in [0.717, 1.165) is 12.1 Å².